The minimum absolute atomic E-state index is 0.296. The highest BCUT2D eigenvalue weighted by Gasteiger charge is 2.64. The van der Waals surface area contributed by atoms with Crippen LogP contribution in [0.15, 0.2) is 29.2 Å². The molecule has 2 heterocycles. The van der Waals surface area contributed by atoms with Gasteiger partial charge in [-0.25, -0.2) is 19.3 Å². The molecule has 2 fully saturated rings. The first-order valence-electron chi connectivity index (χ1n) is 11.6. The fourth-order valence-electron chi connectivity index (χ4n) is 4.33. The Bertz CT molecular complexity index is 1160. The van der Waals surface area contributed by atoms with Crippen LogP contribution >= 0.6 is 11.8 Å². The lowest BCUT2D eigenvalue weighted by molar-refractivity contribution is -0.217. The van der Waals surface area contributed by atoms with Crippen molar-refractivity contribution >= 4 is 47.8 Å². The first-order valence-corrected chi connectivity index (χ1v) is 12.4. The third kappa shape index (κ3) is 6.78. The summed E-state index contributed by atoms with van der Waals surface area (Å²) in [6.07, 6.45) is -9.89. The number of imide groups is 1. The maximum Gasteiger partial charge on any atom is 0.420 e. The molecule has 15 heteroatoms. The van der Waals surface area contributed by atoms with Crippen molar-refractivity contribution in [2.45, 2.75) is 74.4 Å². The summed E-state index contributed by atoms with van der Waals surface area (Å²) in [7, 11) is 0. The Labute approximate surface area is 226 Å². The predicted molar refractivity (Wildman–Crippen MR) is 129 cm³/mol. The molecule has 0 saturated carbocycles. The highest BCUT2D eigenvalue weighted by molar-refractivity contribution is 8.01. The van der Waals surface area contributed by atoms with Crippen molar-refractivity contribution in [3.05, 3.63) is 29.8 Å². The SMILES string of the molecule is CC(=O)OC[C@@H](OC(C)=O)[C@@H](OC(C)=O)C1OC(Sc2ccc(C)cc2)(C(=O)O)CC2OC(=O)N(C(=O)O)C21. The van der Waals surface area contributed by atoms with Crippen molar-refractivity contribution in [2.75, 3.05) is 6.61 Å². The molecule has 39 heavy (non-hydrogen) atoms. The zero-order valence-corrected chi connectivity index (χ0v) is 22.2. The number of aliphatic carboxylic acids is 1. The van der Waals surface area contributed by atoms with Crippen LogP contribution in [0.1, 0.15) is 32.8 Å². The third-order valence-corrected chi connectivity index (χ3v) is 7.13. The summed E-state index contributed by atoms with van der Waals surface area (Å²) in [4.78, 5) is 71.4. The standard InChI is InChI=1S/C24H27NO13S/c1-11-5-7-15(8-6-11)39-24(21(29)30)9-16-18(25(22(31)32)23(33)37-16)20(38-24)19(36-14(4)28)17(35-13(3)27)10-34-12(2)26/h5-8,16-20H,9-10H2,1-4H3,(H,29,30)(H,31,32)/t16?,17-,18?,19-,20?,24?/m1/s1. The van der Waals surface area contributed by atoms with Gasteiger partial charge in [-0.3, -0.25) is 14.4 Å². The summed E-state index contributed by atoms with van der Waals surface area (Å²) in [6, 6.07) is 5.25. The number of hydrogen-bond donors (Lipinski definition) is 2. The molecule has 3 rings (SSSR count). The second kappa shape index (κ2) is 11.9. The van der Waals surface area contributed by atoms with Crippen molar-refractivity contribution < 1.29 is 62.7 Å². The van der Waals surface area contributed by atoms with Gasteiger partial charge in [0.25, 0.3) is 0 Å². The molecule has 6 atom stereocenters. The first-order chi connectivity index (χ1) is 18.2. The molecule has 0 radical (unpaired) electrons. The number of rotatable bonds is 9. The van der Waals surface area contributed by atoms with Crippen molar-refractivity contribution in [1.29, 1.82) is 0 Å². The van der Waals surface area contributed by atoms with Crippen molar-refractivity contribution in [3.8, 4) is 0 Å². The van der Waals surface area contributed by atoms with E-state index in [4.69, 9.17) is 23.7 Å². The Kier molecular flexibility index (Phi) is 9.07. The van der Waals surface area contributed by atoms with Gasteiger partial charge in [-0.1, -0.05) is 29.5 Å². The summed E-state index contributed by atoms with van der Waals surface area (Å²) in [5.74, 6) is -4.10. The second-order valence-corrected chi connectivity index (χ2v) is 10.2. The largest absolute Gasteiger partial charge is 0.478 e. The quantitative estimate of drug-likeness (QED) is 0.324. The Morgan fingerprint density at radius 1 is 1.05 bits per heavy atom. The average molecular weight is 570 g/mol. The summed E-state index contributed by atoms with van der Waals surface area (Å²) in [5, 5.41) is 20.1. The molecule has 2 aliphatic heterocycles. The number of carboxylic acids is 1. The van der Waals surface area contributed by atoms with Crippen LogP contribution in [-0.2, 0) is 42.9 Å². The lowest BCUT2D eigenvalue weighted by Gasteiger charge is -2.46. The molecule has 2 N–H and O–H groups in total. The monoisotopic (exact) mass is 569 g/mol. The highest BCUT2D eigenvalue weighted by atomic mass is 32.2. The van der Waals surface area contributed by atoms with E-state index in [1.54, 1.807) is 24.3 Å². The smallest absolute Gasteiger partial charge is 0.420 e. The minimum atomic E-state index is -2.17. The zero-order valence-electron chi connectivity index (χ0n) is 21.4. The predicted octanol–water partition coefficient (Wildman–Crippen LogP) is 1.95. The Balaban J connectivity index is 2.15. The third-order valence-electron chi connectivity index (χ3n) is 5.86. The number of hydrogen-bond acceptors (Lipinski definition) is 12. The fourth-order valence-corrected chi connectivity index (χ4v) is 5.48. The van der Waals surface area contributed by atoms with E-state index in [0.29, 0.717) is 9.80 Å². The molecule has 1 aromatic rings. The van der Waals surface area contributed by atoms with Crippen molar-refractivity contribution in [1.82, 2.24) is 4.90 Å². The molecule has 0 spiro atoms. The maximum absolute atomic E-state index is 12.7. The fraction of sp³-hybridized carbons (Fsp3) is 0.500. The minimum Gasteiger partial charge on any atom is -0.478 e. The zero-order chi connectivity index (χ0) is 29.1. The number of fused-ring (bicyclic) bond motifs is 1. The van der Waals surface area contributed by atoms with Gasteiger partial charge >= 0.3 is 36.1 Å². The molecule has 2 aliphatic rings. The topological polar surface area (TPSA) is 192 Å². The molecule has 14 nitrogen and oxygen atoms in total. The van der Waals surface area contributed by atoms with E-state index in [1.165, 1.54) is 0 Å². The number of ether oxygens (including phenoxy) is 5. The molecule has 212 valence electrons. The van der Waals surface area contributed by atoms with Crippen molar-refractivity contribution in [3.63, 3.8) is 0 Å². The average Bonchev–Trinajstić information content (AvgIpc) is 3.16. The summed E-state index contributed by atoms with van der Waals surface area (Å²) in [6.45, 7) is 4.27. The van der Waals surface area contributed by atoms with Crippen LogP contribution in [0.3, 0.4) is 0 Å². The van der Waals surface area contributed by atoms with E-state index in [1.807, 2.05) is 6.92 Å². The van der Waals surface area contributed by atoms with Gasteiger partial charge < -0.3 is 33.9 Å². The number of carbonyl (C=O) groups excluding carboxylic acids is 4. The number of amides is 2. The van der Waals surface area contributed by atoms with Gasteiger partial charge in [0.15, 0.2) is 12.2 Å². The number of nitrogens with zero attached hydrogens (tertiary/aromatic N) is 1. The van der Waals surface area contributed by atoms with Crippen LogP contribution in [0, 0.1) is 6.92 Å². The van der Waals surface area contributed by atoms with E-state index >= 15 is 0 Å². The number of esters is 3. The molecule has 0 aromatic heterocycles. The normalized spacial score (nSPS) is 25.5. The highest BCUT2D eigenvalue weighted by Crippen LogP contribution is 2.48. The van der Waals surface area contributed by atoms with Gasteiger partial charge in [0.1, 0.15) is 24.9 Å². The van der Waals surface area contributed by atoms with Gasteiger partial charge in [-0.05, 0) is 19.1 Å². The van der Waals surface area contributed by atoms with Crippen LogP contribution < -0.4 is 0 Å². The van der Waals surface area contributed by atoms with Crippen LogP contribution in [0.2, 0.25) is 0 Å². The Hall–Kier alpha value is -3.85. The molecule has 4 unspecified atom stereocenters. The second-order valence-electron chi connectivity index (χ2n) is 8.85. The van der Waals surface area contributed by atoms with E-state index < -0.39 is 84.5 Å². The summed E-state index contributed by atoms with van der Waals surface area (Å²) >= 11 is 0.760. The molecule has 2 saturated heterocycles. The molecule has 0 bridgehead atoms. The van der Waals surface area contributed by atoms with Gasteiger partial charge in [0.2, 0.25) is 4.93 Å². The van der Waals surface area contributed by atoms with E-state index in [0.717, 1.165) is 38.1 Å². The van der Waals surface area contributed by atoms with E-state index in [2.05, 4.69) is 0 Å². The Morgan fingerprint density at radius 3 is 2.18 bits per heavy atom. The number of carbonyl (C=O) groups is 6. The van der Waals surface area contributed by atoms with Crippen LogP contribution in [0.5, 0.6) is 0 Å². The number of carboxylic acid groups (broad SMARTS) is 2. The number of aryl methyl sites for hydroxylation is 1. The van der Waals surface area contributed by atoms with Crippen molar-refractivity contribution in [2.24, 2.45) is 0 Å². The number of benzene rings is 1. The van der Waals surface area contributed by atoms with Gasteiger partial charge in [-0.15, -0.1) is 0 Å². The lowest BCUT2D eigenvalue weighted by Crippen LogP contribution is -2.65. The molecular formula is C24H27NO13S. The van der Waals surface area contributed by atoms with Gasteiger partial charge in [-0.2, -0.15) is 0 Å². The first kappa shape index (κ1) is 29.7. The van der Waals surface area contributed by atoms with Crippen LogP contribution in [0.25, 0.3) is 0 Å². The summed E-state index contributed by atoms with van der Waals surface area (Å²) in [5.41, 5.74) is 0.901. The Morgan fingerprint density at radius 2 is 1.67 bits per heavy atom. The van der Waals surface area contributed by atoms with E-state index in [-0.39, 0.29) is 0 Å². The van der Waals surface area contributed by atoms with Gasteiger partial charge in [0, 0.05) is 32.1 Å². The molecular weight excluding hydrogens is 542 g/mol. The molecule has 0 aliphatic carbocycles. The van der Waals surface area contributed by atoms with Crippen LogP contribution in [-0.4, -0.2) is 93.2 Å². The van der Waals surface area contributed by atoms with Gasteiger partial charge in [0.05, 0.1) is 0 Å². The lowest BCUT2D eigenvalue weighted by atomic mass is 9.89. The summed E-state index contributed by atoms with van der Waals surface area (Å²) < 4.78 is 26.9. The number of thioether (sulfide) groups is 1. The van der Waals surface area contributed by atoms with Crippen LogP contribution in [0.4, 0.5) is 9.59 Å². The molecule has 1 aromatic carbocycles. The maximum atomic E-state index is 12.7. The molecule has 2 amide bonds. The van der Waals surface area contributed by atoms with E-state index in [9.17, 15) is 39.0 Å².